The zero-order valence-electron chi connectivity index (χ0n) is 12.4. The highest BCUT2D eigenvalue weighted by molar-refractivity contribution is 5.30. The predicted octanol–water partition coefficient (Wildman–Crippen LogP) is 1.82. The predicted molar refractivity (Wildman–Crippen MR) is 74.3 cm³/mol. The number of ether oxygens (including phenoxy) is 1. The minimum Gasteiger partial charge on any atom is -0.493 e. The molecule has 0 spiro atoms. The van der Waals surface area contributed by atoms with E-state index in [0.717, 1.165) is 37.9 Å². The van der Waals surface area contributed by atoms with Crippen molar-refractivity contribution in [3.05, 3.63) is 11.9 Å². The molecule has 0 aliphatic heterocycles. The number of aliphatic hydroxyl groups excluding tert-OH is 1. The molecular weight excluding hydrogens is 242 g/mol. The molecule has 1 unspecified atom stereocenters. The fraction of sp³-hybridized carbons (Fsp3) is 0.786. The lowest BCUT2D eigenvalue weighted by molar-refractivity contribution is -0.0111. The van der Waals surface area contributed by atoms with E-state index in [-0.39, 0.29) is 5.54 Å². The Morgan fingerprint density at radius 3 is 2.58 bits per heavy atom. The molecule has 5 heteroatoms. The minimum absolute atomic E-state index is 0.194. The summed E-state index contributed by atoms with van der Waals surface area (Å²) in [5, 5.41) is 15.3. The van der Waals surface area contributed by atoms with Crippen LogP contribution in [0, 0.1) is 0 Å². The van der Waals surface area contributed by atoms with E-state index in [1.54, 1.807) is 13.3 Å². The summed E-state index contributed by atoms with van der Waals surface area (Å²) >= 11 is 0. The Morgan fingerprint density at radius 1 is 1.47 bits per heavy atom. The van der Waals surface area contributed by atoms with Crippen LogP contribution in [0.2, 0.25) is 0 Å². The number of rotatable bonds is 5. The van der Waals surface area contributed by atoms with Gasteiger partial charge in [0.25, 0.3) is 0 Å². The van der Waals surface area contributed by atoms with Crippen LogP contribution in [-0.4, -0.2) is 46.5 Å². The average Bonchev–Trinajstić information content (AvgIpc) is 3.04. The SMILES string of the molecule is CCn1ncc(OC)c1C(O)C1(N(C)C)CCCC1. The maximum absolute atomic E-state index is 11.0. The van der Waals surface area contributed by atoms with Crippen molar-refractivity contribution in [3.63, 3.8) is 0 Å². The third-order valence-corrected chi connectivity index (χ3v) is 4.49. The minimum atomic E-state index is -0.567. The van der Waals surface area contributed by atoms with E-state index >= 15 is 0 Å². The Kier molecular flexibility index (Phi) is 4.16. The summed E-state index contributed by atoms with van der Waals surface area (Å²) in [6, 6.07) is 0. The molecular formula is C14H25N3O2. The van der Waals surface area contributed by atoms with Crippen molar-refractivity contribution in [2.75, 3.05) is 21.2 Å². The van der Waals surface area contributed by atoms with E-state index in [1.807, 2.05) is 25.7 Å². The molecule has 5 nitrogen and oxygen atoms in total. The van der Waals surface area contributed by atoms with Gasteiger partial charge >= 0.3 is 0 Å². The fourth-order valence-corrected chi connectivity index (χ4v) is 3.27. The molecule has 1 aromatic rings. The molecule has 0 saturated heterocycles. The monoisotopic (exact) mass is 267 g/mol. The molecule has 2 rings (SSSR count). The van der Waals surface area contributed by atoms with Gasteiger partial charge in [-0.05, 0) is 33.9 Å². The molecule has 19 heavy (non-hydrogen) atoms. The number of aliphatic hydroxyl groups is 1. The maximum Gasteiger partial charge on any atom is 0.162 e. The molecule has 1 N–H and O–H groups in total. The van der Waals surface area contributed by atoms with E-state index in [2.05, 4.69) is 10.00 Å². The second kappa shape index (κ2) is 5.51. The highest BCUT2D eigenvalue weighted by Crippen LogP contribution is 2.45. The van der Waals surface area contributed by atoms with Crippen LogP contribution in [0.5, 0.6) is 5.75 Å². The smallest absolute Gasteiger partial charge is 0.162 e. The normalized spacial score (nSPS) is 19.9. The van der Waals surface area contributed by atoms with Gasteiger partial charge in [0, 0.05) is 6.54 Å². The summed E-state index contributed by atoms with van der Waals surface area (Å²) in [5.74, 6) is 0.683. The summed E-state index contributed by atoms with van der Waals surface area (Å²) < 4.78 is 7.21. The van der Waals surface area contributed by atoms with Crippen LogP contribution in [0.3, 0.4) is 0 Å². The van der Waals surface area contributed by atoms with Gasteiger partial charge in [0.05, 0.1) is 18.8 Å². The van der Waals surface area contributed by atoms with Gasteiger partial charge in [0.15, 0.2) is 5.75 Å². The molecule has 0 amide bonds. The molecule has 1 aromatic heterocycles. The lowest BCUT2D eigenvalue weighted by Crippen LogP contribution is -2.47. The largest absolute Gasteiger partial charge is 0.493 e. The first-order chi connectivity index (χ1) is 9.06. The summed E-state index contributed by atoms with van der Waals surface area (Å²) in [7, 11) is 5.73. The first-order valence-electron chi connectivity index (χ1n) is 7.02. The average molecular weight is 267 g/mol. The fourth-order valence-electron chi connectivity index (χ4n) is 3.27. The topological polar surface area (TPSA) is 50.5 Å². The van der Waals surface area contributed by atoms with Crippen molar-refractivity contribution in [1.82, 2.24) is 14.7 Å². The van der Waals surface area contributed by atoms with E-state index in [9.17, 15) is 5.11 Å². The Morgan fingerprint density at radius 2 is 2.11 bits per heavy atom. The third-order valence-electron chi connectivity index (χ3n) is 4.49. The Bertz CT molecular complexity index is 401. The van der Waals surface area contributed by atoms with E-state index in [1.165, 1.54) is 0 Å². The van der Waals surface area contributed by atoms with Crippen molar-refractivity contribution in [2.45, 2.75) is 50.8 Å². The Labute approximate surface area is 115 Å². The highest BCUT2D eigenvalue weighted by Gasteiger charge is 2.45. The van der Waals surface area contributed by atoms with Gasteiger partial charge in [0.2, 0.25) is 0 Å². The molecule has 1 atom stereocenters. The first kappa shape index (κ1) is 14.3. The Balaban J connectivity index is 2.42. The van der Waals surface area contributed by atoms with Crippen LogP contribution >= 0.6 is 0 Å². The number of hydrogen-bond donors (Lipinski definition) is 1. The molecule has 0 aromatic carbocycles. The van der Waals surface area contributed by atoms with Crippen molar-refractivity contribution >= 4 is 0 Å². The third kappa shape index (κ3) is 2.25. The molecule has 1 fully saturated rings. The zero-order valence-corrected chi connectivity index (χ0v) is 12.4. The summed E-state index contributed by atoms with van der Waals surface area (Å²) in [6.45, 7) is 2.76. The van der Waals surface area contributed by atoms with Crippen LogP contribution in [0.15, 0.2) is 6.20 Å². The Hall–Kier alpha value is -1.07. The van der Waals surface area contributed by atoms with Crippen LogP contribution in [0.1, 0.15) is 44.4 Å². The van der Waals surface area contributed by atoms with Crippen LogP contribution < -0.4 is 4.74 Å². The van der Waals surface area contributed by atoms with Crippen molar-refractivity contribution in [3.8, 4) is 5.75 Å². The number of hydrogen-bond acceptors (Lipinski definition) is 4. The molecule has 1 heterocycles. The standard InChI is InChI=1S/C14H25N3O2/c1-5-17-12(11(19-4)10-15-17)13(18)14(16(2)3)8-6-7-9-14/h10,13,18H,5-9H2,1-4H3. The van der Waals surface area contributed by atoms with Gasteiger partial charge in [-0.1, -0.05) is 12.8 Å². The summed E-state index contributed by atoms with van der Waals surface area (Å²) in [6.07, 6.45) is 5.48. The number of likely N-dealkylation sites (N-methyl/N-ethyl adjacent to an activating group) is 1. The molecule has 0 radical (unpaired) electrons. The second-order valence-electron chi connectivity index (χ2n) is 5.52. The first-order valence-corrected chi connectivity index (χ1v) is 7.02. The van der Waals surface area contributed by atoms with Gasteiger partial charge in [-0.15, -0.1) is 0 Å². The van der Waals surface area contributed by atoms with Crippen LogP contribution in [-0.2, 0) is 6.54 Å². The number of aryl methyl sites for hydroxylation is 1. The number of nitrogens with zero attached hydrogens (tertiary/aromatic N) is 3. The van der Waals surface area contributed by atoms with E-state index < -0.39 is 6.10 Å². The van der Waals surface area contributed by atoms with Crippen LogP contribution in [0.25, 0.3) is 0 Å². The lowest BCUT2D eigenvalue weighted by Gasteiger charge is -2.40. The number of methoxy groups -OCH3 is 1. The van der Waals surface area contributed by atoms with Gasteiger partial charge in [-0.25, -0.2) is 0 Å². The van der Waals surface area contributed by atoms with Crippen molar-refractivity contribution < 1.29 is 9.84 Å². The molecule has 1 aliphatic carbocycles. The quantitative estimate of drug-likeness (QED) is 0.884. The highest BCUT2D eigenvalue weighted by atomic mass is 16.5. The van der Waals surface area contributed by atoms with Crippen molar-refractivity contribution in [2.24, 2.45) is 0 Å². The summed E-state index contributed by atoms with van der Waals surface area (Å²) in [4.78, 5) is 2.16. The van der Waals surface area contributed by atoms with Gasteiger partial charge in [0.1, 0.15) is 11.8 Å². The molecule has 108 valence electrons. The number of aromatic nitrogens is 2. The molecule has 1 saturated carbocycles. The summed E-state index contributed by atoms with van der Waals surface area (Å²) in [5.41, 5.74) is 0.612. The maximum atomic E-state index is 11.0. The second-order valence-corrected chi connectivity index (χ2v) is 5.52. The van der Waals surface area contributed by atoms with Gasteiger partial charge < -0.3 is 14.7 Å². The van der Waals surface area contributed by atoms with E-state index in [0.29, 0.717) is 5.75 Å². The van der Waals surface area contributed by atoms with Gasteiger partial charge in [-0.2, -0.15) is 5.10 Å². The molecule has 1 aliphatic rings. The van der Waals surface area contributed by atoms with Crippen molar-refractivity contribution in [1.29, 1.82) is 0 Å². The van der Waals surface area contributed by atoms with Gasteiger partial charge in [-0.3, -0.25) is 4.68 Å². The molecule has 0 bridgehead atoms. The lowest BCUT2D eigenvalue weighted by atomic mass is 9.86. The zero-order chi connectivity index (χ0) is 14.0. The van der Waals surface area contributed by atoms with E-state index in [4.69, 9.17) is 4.74 Å². The van der Waals surface area contributed by atoms with Crippen LogP contribution in [0.4, 0.5) is 0 Å².